The van der Waals surface area contributed by atoms with Crippen LogP contribution in [0.25, 0.3) is 17.0 Å². The topological polar surface area (TPSA) is 19.4 Å². The van der Waals surface area contributed by atoms with Crippen LogP contribution in [0.2, 0.25) is 5.02 Å². The largest absolute Gasteiger partial charge is 0.373 e. The van der Waals surface area contributed by atoms with E-state index in [1.54, 1.807) is 0 Å². The van der Waals surface area contributed by atoms with E-state index in [2.05, 4.69) is 43.9 Å². The van der Waals surface area contributed by atoms with Gasteiger partial charge in [-0.15, -0.1) is 0 Å². The van der Waals surface area contributed by atoms with Gasteiger partial charge in [0, 0.05) is 48.4 Å². The SMILES string of the molecule is C=C(CCCC)N1CCN(C)CC1.C=Cc1ccc2c(Cl)cc(C3(C)CC3)nc2c1. The number of piperazine rings is 1. The molecular weight excluding hydrogens is 390 g/mol. The van der Waals surface area contributed by atoms with E-state index in [0.717, 1.165) is 27.2 Å². The molecule has 2 aromatic rings. The van der Waals surface area contributed by atoms with Crippen LogP contribution in [0.3, 0.4) is 0 Å². The maximum absolute atomic E-state index is 6.33. The molecule has 1 saturated carbocycles. The number of allylic oxidation sites excluding steroid dienone is 1. The van der Waals surface area contributed by atoms with Gasteiger partial charge in [-0.05, 0) is 50.4 Å². The van der Waals surface area contributed by atoms with Gasteiger partial charge in [-0.1, -0.05) is 63.2 Å². The molecule has 4 rings (SSSR count). The fourth-order valence-electron chi connectivity index (χ4n) is 3.74. The van der Waals surface area contributed by atoms with Crippen LogP contribution in [0.5, 0.6) is 0 Å². The van der Waals surface area contributed by atoms with Crippen LogP contribution < -0.4 is 0 Å². The summed E-state index contributed by atoms with van der Waals surface area (Å²) in [6.45, 7) is 17.1. The minimum absolute atomic E-state index is 0.252. The Bertz CT molecular complexity index is 893. The summed E-state index contributed by atoms with van der Waals surface area (Å²) in [5.74, 6) is 0. The van der Waals surface area contributed by atoms with Gasteiger partial charge in [-0.25, -0.2) is 0 Å². The fourth-order valence-corrected chi connectivity index (χ4v) is 4.01. The summed E-state index contributed by atoms with van der Waals surface area (Å²) in [5.41, 5.74) is 4.77. The van der Waals surface area contributed by atoms with Crippen LogP contribution in [0, 0.1) is 0 Å². The fraction of sp³-hybridized carbons (Fsp3) is 0.500. The summed E-state index contributed by atoms with van der Waals surface area (Å²) >= 11 is 6.33. The molecule has 3 nitrogen and oxygen atoms in total. The predicted octanol–water partition coefficient (Wildman–Crippen LogP) is 6.52. The summed E-state index contributed by atoms with van der Waals surface area (Å²) in [7, 11) is 2.19. The van der Waals surface area contributed by atoms with Gasteiger partial charge in [0.25, 0.3) is 0 Å². The highest BCUT2D eigenvalue weighted by molar-refractivity contribution is 6.35. The zero-order chi connectivity index (χ0) is 21.7. The van der Waals surface area contributed by atoms with Gasteiger partial charge in [0.05, 0.1) is 10.5 Å². The number of rotatable bonds is 6. The molecule has 1 aromatic heterocycles. The molecule has 2 heterocycles. The van der Waals surface area contributed by atoms with Crippen molar-refractivity contribution in [2.24, 2.45) is 0 Å². The number of unbranched alkanes of at least 4 members (excludes halogenated alkanes) is 1. The molecule has 1 aliphatic carbocycles. The van der Waals surface area contributed by atoms with Crippen LogP contribution in [-0.4, -0.2) is 48.0 Å². The normalized spacial score (nSPS) is 17.9. The second kappa shape index (κ2) is 9.98. The van der Waals surface area contributed by atoms with Crippen molar-refractivity contribution in [2.75, 3.05) is 33.2 Å². The second-order valence-corrected chi connectivity index (χ2v) is 9.40. The molecular formula is C26H36ClN3. The molecule has 0 bridgehead atoms. The van der Waals surface area contributed by atoms with E-state index in [1.807, 2.05) is 30.3 Å². The quantitative estimate of drug-likeness (QED) is 0.525. The summed E-state index contributed by atoms with van der Waals surface area (Å²) in [6, 6.07) is 8.09. The molecule has 0 unspecified atom stereocenters. The molecule has 0 atom stereocenters. The van der Waals surface area contributed by atoms with Crippen molar-refractivity contribution in [3.63, 3.8) is 0 Å². The molecule has 2 aliphatic rings. The van der Waals surface area contributed by atoms with Crippen molar-refractivity contribution >= 4 is 28.6 Å². The molecule has 0 N–H and O–H groups in total. The zero-order valence-electron chi connectivity index (χ0n) is 18.9. The number of pyridine rings is 1. The summed E-state index contributed by atoms with van der Waals surface area (Å²) in [5, 5.41) is 1.82. The van der Waals surface area contributed by atoms with Gasteiger partial charge in [-0.2, -0.15) is 0 Å². The average Bonchev–Trinajstić information content (AvgIpc) is 3.51. The van der Waals surface area contributed by atoms with E-state index >= 15 is 0 Å². The van der Waals surface area contributed by atoms with Crippen LogP contribution in [0.15, 0.2) is 43.1 Å². The number of benzene rings is 1. The van der Waals surface area contributed by atoms with Gasteiger partial charge < -0.3 is 9.80 Å². The van der Waals surface area contributed by atoms with Crippen molar-refractivity contribution < 1.29 is 0 Å². The predicted molar refractivity (Wildman–Crippen MR) is 131 cm³/mol. The van der Waals surface area contributed by atoms with Crippen LogP contribution >= 0.6 is 11.6 Å². The maximum atomic E-state index is 6.33. The van der Waals surface area contributed by atoms with E-state index in [9.17, 15) is 0 Å². The maximum Gasteiger partial charge on any atom is 0.0726 e. The lowest BCUT2D eigenvalue weighted by atomic mass is 10.0. The first-order valence-electron chi connectivity index (χ1n) is 11.2. The Hall–Kier alpha value is -1.84. The third kappa shape index (κ3) is 5.65. The zero-order valence-corrected chi connectivity index (χ0v) is 19.6. The van der Waals surface area contributed by atoms with Crippen molar-refractivity contribution in [2.45, 2.75) is 51.4 Å². The van der Waals surface area contributed by atoms with Crippen LogP contribution in [0.4, 0.5) is 0 Å². The number of nitrogens with zero attached hydrogens (tertiary/aromatic N) is 3. The molecule has 162 valence electrons. The van der Waals surface area contributed by atoms with Crippen molar-refractivity contribution in [3.05, 3.63) is 59.4 Å². The minimum atomic E-state index is 0.252. The second-order valence-electron chi connectivity index (χ2n) is 8.99. The van der Waals surface area contributed by atoms with Crippen LogP contribution in [-0.2, 0) is 5.41 Å². The summed E-state index contributed by atoms with van der Waals surface area (Å²) in [4.78, 5) is 9.56. The number of fused-ring (bicyclic) bond motifs is 1. The molecule has 1 saturated heterocycles. The molecule has 1 aliphatic heterocycles. The van der Waals surface area contributed by atoms with Gasteiger partial charge in [-0.3, -0.25) is 4.98 Å². The number of aromatic nitrogens is 1. The standard InChI is InChI=1S/C15H14ClN.C11H22N2/c1-3-10-4-5-11-12(16)9-14(15(2)6-7-15)17-13(11)8-10;1-4-5-6-11(2)13-9-7-12(3)8-10-13/h3-5,8-9H,1,6-7H2,2H3;2,4-10H2,1,3H3. The monoisotopic (exact) mass is 425 g/mol. The summed E-state index contributed by atoms with van der Waals surface area (Å²) < 4.78 is 0. The van der Waals surface area contributed by atoms with E-state index in [4.69, 9.17) is 16.6 Å². The Balaban J connectivity index is 0.000000178. The first-order valence-corrected chi connectivity index (χ1v) is 11.6. The van der Waals surface area contributed by atoms with Crippen molar-refractivity contribution in [1.29, 1.82) is 0 Å². The molecule has 0 radical (unpaired) electrons. The Morgan fingerprint density at radius 2 is 1.90 bits per heavy atom. The lowest BCUT2D eigenvalue weighted by molar-refractivity contribution is 0.182. The number of likely N-dealkylation sites (N-methyl/N-ethyl adjacent to an activating group) is 1. The smallest absolute Gasteiger partial charge is 0.0726 e. The highest BCUT2D eigenvalue weighted by Gasteiger charge is 2.40. The Kier molecular flexibility index (Phi) is 7.60. The molecule has 4 heteroatoms. The minimum Gasteiger partial charge on any atom is -0.373 e. The van der Waals surface area contributed by atoms with E-state index in [0.29, 0.717) is 0 Å². The van der Waals surface area contributed by atoms with Gasteiger partial charge in [0.1, 0.15) is 0 Å². The number of halogens is 1. The first-order chi connectivity index (χ1) is 14.4. The Labute approximate surface area is 187 Å². The van der Waals surface area contributed by atoms with Crippen molar-refractivity contribution in [1.82, 2.24) is 14.8 Å². The van der Waals surface area contributed by atoms with Gasteiger partial charge in [0.2, 0.25) is 0 Å². The summed E-state index contributed by atoms with van der Waals surface area (Å²) in [6.07, 6.45) is 7.99. The van der Waals surface area contributed by atoms with E-state index < -0.39 is 0 Å². The highest BCUT2D eigenvalue weighted by atomic mass is 35.5. The number of hydrogen-bond donors (Lipinski definition) is 0. The Morgan fingerprint density at radius 3 is 2.50 bits per heavy atom. The van der Waals surface area contributed by atoms with Gasteiger partial charge in [0.15, 0.2) is 0 Å². The lowest BCUT2D eigenvalue weighted by Crippen LogP contribution is -2.43. The number of hydrogen-bond acceptors (Lipinski definition) is 3. The van der Waals surface area contributed by atoms with E-state index in [-0.39, 0.29) is 5.41 Å². The highest BCUT2D eigenvalue weighted by Crippen LogP contribution is 2.47. The molecule has 30 heavy (non-hydrogen) atoms. The van der Waals surface area contributed by atoms with Crippen LogP contribution in [0.1, 0.15) is 57.2 Å². The average molecular weight is 426 g/mol. The Morgan fingerprint density at radius 1 is 1.20 bits per heavy atom. The molecule has 2 fully saturated rings. The lowest BCUT2D eigenvalue weighted by Gasteiger charge is -2.35. The van der Waals surface area contributed by atoms with Gasteiger partial charge >= 0.3 is 0 Å². The van der Waals surface area contributed by atoms with E-state index in [1.165, 1.54) is 64.0 Å². The third-order valence-corrected chi connectivity index (χ3v) is 6.72. The third-order valence-electron chi connectivity index (χ3n) is 6.41. The molecule has 0 spiro atoms. The molecule has 1 aromatic carbocycles. The first kappa shape index (κ1) is 22.8. The van der Waals surface area contributed by atoms with Crippen molar-refractivity contribution in [3.8, 4) is 0 Å². The molecule has 0 amide bonds.